The van der Waals surface area contributed by atoms with Crippen molar-refractivity contribution in [3.05, 3.63) is 0 Å². The molecule has 1 atom stereocenters. The Hall–Kier alpha value is -0.610. The van der Waals surface area contributed by atoms with Gasteiger partial charge in [-0.05, 0) is 38.5 Å². The van der Waals surface area contributed by atoms with Crippen LogP contribution in [0.2, 0.25) is 0 Å². The first kappa shape index (κ1) is 17.4. The summed E-state index contributed by atoms with van der Waals surface area (Å²) in [7, 11) is 0. The number of hydrogen-bond acceptors (Lipinski definition) is 3. The maximum atomic E-state index is 11.9. The summed E-state index contributed by atoms with van der Waals surface area (Å²) >= 11 is 0. The van der Waals surface area contributed by atoms with Crippen LogP contribution >= 0.6 is 0 Å². The molecule has 4 heteroatoms. The highest BCUT2D eigenvalue weighted by atomic mass is 16.5. The third-order valence-corrected chi connectivity index (χ3v) is 4.68. The minimum atomic E-state index is 0.0156. The van der Waals surface area contributed by atoms with E-state index in [1.807, 2.05) is 0 Å². The van der Waals surface area contributed by atoms with Gasteiger partial charge in [0.1, 0.15) is 0 Å². The SMILES string of the molecule is CCC(CC)NC(=O)CNC1CCOC(CC)(CC)C1. The van der Waals surface area contributed by atoms with Crippen molar-refractivity contribution >= 4 is 5.91 Å². The number of rotatable bonds is 8. The molecule has 20 heavy (non-hydrogen) atoms. The molecule has 1 unspecified atom stereocenters. The van der Waals surface area contributed by atoms with Crippen LogP contribution in [0.5, 0.6) is 0 Å². The second kappa shape index (κ2) is 8.63. The van der Waals surface area contributed by atoms with Crippen molar-refractivity contribution in [2.24, 2.45) is 0 Å². The standard InChI is InChI=1S/C16H32N2O2/c1-5-13(6-2)18-15(19)12-17-14-9-10-20-16(7-3,8-4)11-14/h13-14,17H,5-12H2,1-4H3,(H,18,19). The zero-order valence-electron chi connectivity index (χ0n) is 13.6. The largest absolute Gasteiger partial charge is 0.375 e. The van der Waals surface area contributed by atoms with E-state index in [9.17, 15) is 4.79 Å². The Morgan fingerprint density at radius 1 is 1.25 bits per heavy atom. The Labute approximate surface area is 124 Å². The predicted molar refractivity (Wildman–Crippen MR) is 82.8 cm³/mol. The third-order valence-electron chi connectivity index (χ3n) is 4.68. The highest BCUT2D eigenvalue weighted by Crippen LogP contribution is 2.31. The molecule has 0 radical (unpaired) electrons. The average Bonchev–Trinajstić information content (AvgIpc) is 2.50. The van der Waals surface area contributed by atoms with Crippen LogP contribution in [0, 0.1) is 0 Å². The van der Waals surface area contributed by atoms with Crippen molar-refractivity contribution in [1.29, 1.82) is 0 Å². The molecular formula is C16H32N2O2. The van der Waals surface area contributed by atoms with E-state index in [-0.39, 0.29) is 11.5 Å². The number of hydrogen-bond donors (Lipinski definition) is 2. The van der Waals surface area contributed by atoms with Crippen molar-refractivity contribution < 1.29 is 9.53 Å². The molecular weight excluding hydrogens is 252 g/mol. The summed E-state index contributed by atoms with van der Waals surface area (Å²) in [5.41, 5.74) is 0.0156. The van der Waals surface area contributed by atoms with Crippen LogP contribution in [0.4, 0.5) is 0 Å². The summed E-state index contributed by atoms with van der Waals surface area (Å²) in [6, 6.07) is 0.709. The van der Waals surface area contributed by atoms with Crippen LogP contribution < -0.4 is 10.6 Å². The minimum absolute atomic E-state index is 0.0156. The molecule has 0 saturated carbocycles. The highest BCUT2D eigenvalue weighted by Gasteiger charge is 2.34. The van der Waals surface area contributed by atoms with Crippen molar-refractivity contribution in [2.75, 3.05) is 13.2 Å². The van der Waals surface area contributed by atoms with Gasteiger partial charge in [0.05, 0.1) is 12.1 Å². The van der Waals surface area contributed by atoms with Gasteiger partial charge in [-0.3, -0.25) is 4.79 Å². The molecule has 1 aliphatic rings. The summed E-state index contributed by atoms with van der Waals surface area (Å²) in [4.78, 5) is 11.9. The molecule has 118 valence electrons. The number of nitrogens with one attached hydrogen (secondary N) is 2. The molecule has 0 aromatic heterocycles. The fourth-order valence-electron chi connectivity index (χ4n) is 2.95. The summed E-state index contributed by atoms with van der Waals surface area (Å²) in [5, 5.41) is 6.48. The summed E-state index contributed by atoms with van der Waals surface area (Å²) in [5.74, 6) is 0.115. The summed E-state index contributed by atoms with van der Waals surface area (Å²) in [6.07, 6.45) is 6.09. The van der Waals surface area contributed by atoms with E-state index in [0.717, 1.165) is 45.1 Å². The van der Waals surface area contributed by atoms with E-state index < -0.39 is 0 Å². The molecule has 1 saturated heterocycles. The topological polar surface area (TPSA) is 50.4 Å². The van der Waals surface area contributed by atoms with Crippen molar-refractivity contribution in [3.8, 4) is 0 Å². The Bertz CT molecular complexity index is 286. The second-order valence-corrected chi connectivity index (χ2v) is 5.89. The zero-order valence-corrected chi connectivity index (χ0v) is 13.6. The minimum Gasteiger partial charge on any atom is -0.375 e. The number of carbonyl (C=O) groups is 1. The quantitative estimate of drug-likeness (QED) is 0.720. The van der Waals surface area contributed by atoms with Crippen molar-refractivity contribution in [3.63, 3.8) is 0 Å². The van der Waals surface area contributed by atoms with Crippen LogP contribution in [-0.2, 0) is 9.53 Å². The smallest absolute Gasteiger partial charge is 0.234 e. The fraction of sp³-hybridized carbons (Fsp3) is 0.938. The third kappa shape index (κ3) is 5.06. The van der Waals surface area contributed by atoms with Gasteiger partial charge in [0.2, 0.25) is 5.91 Å². The van der Waals surface area contributed by atoms with Gasteiger partial charge in [-0.25, -0.2) is 0 Å². The van der Waals surface area contributed by atoms with Crippen LogP contribution in [0.1, 0.15) is 66.2 Å². The lowest BCUT2D eigenvalue weighted by atomic mass is 9.86. The zero-order chi connectivity index (χ0) is 15.0. The first-order chi connectivity index (χ1) is 9.59. The monoisotopic (exact) mass is 284 g/mol. The molecule has 1 fully saturated rings. The van der Waals surface area contributed by atoms with Crippen molar-refractivity contribution in [1.82, 2.24) is 10.6 Å². The lowest BCUT2D eigenvalue weighted by Crippen LogP contribution is -2.49. The van der Waals surface area contributed by atoms with Gasteiger partial charge >= 0.3 is 0 Å². The Morgan fingerprint density at radius 2 is 1.90 bits per heavy atom. The molecule has 2 N–H and O–H groups in total. The lowest BCUT2D eigenvalue weighted by Gasteiger charge is -2.40. The van der Waals surface area contributed by atoms with E-state index in [1.54, 1.807) is 0 Å². The normalized spacial score (nSPS) is 21.9. The van der Waals surface area contributed by atoms with Crippen LogP contribution in [0.25, 0.3) is 0 Å². The highest BCUT2D eigenvalue weighted by molar-refractivity contribution is 5.78. The molecule has 0 aromatic carbocycles. The number of carbonyl (C=O) groups excluding carboxylic acids is 1. The second-order valence-electron chi connectivity index (χ2n) is 5.89. The van der Waals surface area contributed by atoms with E-state index in [2.05, 4.69) is 38.3 Å². The molecule has 1 amide bonds. The number of amides is 1. The van der Waals surface area contributed by atoms with Gasteiger partial charge in [0, 0.05) is 18.7 Å². The van der Waals surface area contributed by atoms with Gasteiger partial charge in [-0.2, -0.15) is 0 Å². The molecule has 1 heterocycles. The molecule has 0 bridgehead atoms. The van der Waals surface area contributed by atoms with Gasteiger partial charge in [0.15, 0.2) is 0 Å². The van der Waals surface area contributed by atoms with Gasteiger partial charge in [-0.1, -0.05) is 27.7 Å². The summed E-state index contributed by atoms with van der Waals surface area (Å²) in [6.45, 7) is 9.81. The first-order valence-electron chi connectivity index (χ1n) is 8.25. The van der Waals surface area contributed by atoms with E-state index in [1.165, 1.54) is 0 Å². The maximum absolute atomic E-state index is 11.9. The molecule has 0 aliphatic carbocycles. The van der Waals surface area contributed by atoms with Crippen molar-refractivity contribution in [2.45, 2.75) is 83.9 Å². The molecule has 0 spiro atoms. The van der Waals surface area contributed by atoms with E-state index >= 15 is 0 Å². The molecule has 1 aliphatic heterocycles. The Balaban J connectivity index is 2.36. The van der Waals surface area contributed by atoms with Gasteiger partial charge in [0.25, 0.3) is 0 Å². The molecule has 0 aromatic rings. The first-order valence-corrected chi connectivity index (χ1v) is 8.25. The Kier molecular flexibility index (Phi) is 7.52. The average molecular weight is 284 g/mol. The summed E-state index contributed by atoms with van der Waals surface area (Å²) < 4.78 is 5.96. The van der Waals surface area contributed by atoms with E-state index in [0.29, 0.717) is 18.6 Å². The van der Waals surface area contributed by atoms with E-state index in [4.69, 9.17) is 4.74 Å². The molecule has 1 rings (SSSR count). The Morgan fingerprint density at radius 3 is 2.45 bits per heavy atom. The number of ether oxygens (including phenoxy) is 1. The maximum Gasteiger partial charge on any atom is 0.234 e. The van der Waals surface area contributed by atoms with Crippen LogP contribution in [0.3, 0.4) is 0 Å². The van der Waals surface area contributed by atoms with Gasteiger partial charge in [-0.15, -0.1) is 0 Å². The molecule has 4 nitrogen and oxygen atoms in total. The van der Waals surface area contributed by atoms with Crippen LogP contribution in [0.15, 0.2) is 0 Å². The fourth-order valence-corrected chi connectivity index (χ4v) is 2.95. The van der Waals surface area contributed by atoms with Crippen LogP contribution in [-0.4, -0.2) is 36.7 Å². The predicted octanol–water partition coefficient (Wildman–Crippen LogP) is 2.62. The lowest BCUT2D eigenvalue weighted by molar-refractivity contribution is -0.122. The van der Waals surface area contributed by atoms with Gasteiger partial charge < -0.3 is 15.4 Å².